The second kappa shape index (κ2) is 7.48. The molecule has 0 bridgehead atoms. The van der Waals surface area contributed by atoms with Crippen LogP contribution in [0.25, 0.3) is 33.4 Å². The third kappa shape index (κ3) is 3.16. The summed E-state index contributed by atoms with van der Waals surface area (Å²) in [6, 6.07) is 30.4. The van der Waals surface area contributed by atoms with E-state index in [2.05, 4.69) is 113 Å². The van der Waals surface area contributed by atoms with Crippen molar-refractivity contribution in [2.45, 2.75) is 27.7 Å². The van der Waals surface area contributed by atoms with Crippen molar-refractivity contribution in [3.8, 4) is 33.4 Å². The Kier molecular flexibility index (Phi) is 4.88. The minimum atomic E-state index is 1.28. The number of rotatable bonds is 3. The van der Waals surface area contributed by atoms with Gasteiger partial charge in [0.05, 0.1) is 0 Å². The Morgan fingerprint density at radius 2 is 0.786 bits per heavy atom. The molecule has 0 heterocycles. The number of aryl methyl sites for hydroxylation is 1. The van der Waals surface area contributed by atoms with E-state index >= 15 is 0 Å². The molecule has 0 heteroatoms. The van der Waals surface area contributed by atoms with Gasteiger partial charge in [-0.25, -0.2) is 0 Å². The molecule has 0 saturated heterocycles. The maximum atomic E-state index is 2.30. The Hall–Kier alpha value is -3.12. The first kappa shape index (κ1) is 18.3. The van der Waals surface area contributed by atoms with Crippen LogP contribution in [0.2, 0.25) is 0 Å². The van der Waals surface area contributed by atoms with Gasteiger partial charge >= 0.3 is 0 Å². The lowest BCUT2D eigenvalue weighted by atomic mass is 9.80. The van der Waals surface area contributed by atoms with E-state index in [1.807, 2.05) is 0 Å². The van der Waals surface area contributed by atoms with Crippen LogP contribution in [0.5, 0.6) is 0 Å². The fourth-order valence-electron chi connectivity index (χ4n) is 4.53. The van der Waals surface area contributed by atoms with Crippen LogP contribution in [-0.4, -0.2) is 0 Å². The number of hydrogen-bond acceptors (Lipinski definition) is 0. The molecule has 4 aromatic carbocycles. The van der Waals surface area contributed by atoms with Gasteiger partial charge in [-0.2, -0.15) is 0 Å². The van der Waals surface area contributed by atoms with Gasteiger partial charge in [-0.1, -0.05) is 90.5 Å². The van der Waals surface area contributed by atoms with Gasteiger partial charge in [0.1, 0.15) is 0 Å². The van der Waals surface area contributed by atoms with Crippen LogP contribution in [0.3, 0.4) is 0 Å². The largest absolute Gasteiger partial charge is 0.0622 e. The molecule has 0 aliphatic rings. The topological polar surface area (TPSA) is 0 Å². The molecular formula is C28H26. The summed E-state index contributed by atoms with van der Waals surface area (Å²) in [7, 11) is 0. The summed E-state index contributed by atoms with van der Waals surface area (Å²) in [6.45, 7) is 8.98. The Morgan fingerprint density at radius 1 is 0.393 bits per heavy atom. The molecule has 0 unspecified atom stereocenters. The highest BCUT2D eigenvalue weighted by Gasteiger charge is 2.20. The van der Waals surface area contributed by atoms with Gasteiger partial charge in [-0.3, -0.25) is 0 Å². The molecule has 0 amide bonds. The highest BCUT2D eigenvalue weighted by molar-refractivity contribution is 5.91. The number of hydrogen-bond donors (Lipinski definition) is 0. The van der Waals surface area contributed by atoms with Crippen molar-refractivity contribution in [1.82, 2.24) is 0 Å². The van der Waals surface area contributed by atoms with Crippen LogP contribution in [0.1, 0.15) is 22.3 Å². The van der Waals surface area contributed by atoms with E-state index < -0.39 is 0 Å². The minimum Gasteiger partial charge on any atom is -0.0622 e. The molecule has 0 radical (unpaired) electrons. The molecule has 0 spiro atoms. The molecule has 0 aliphatic carbocycles. The molecular weight excluding hydrogens is 336 g/mol. The molecule has 0 aliphatic heterocycles. The molecule has 138 valence electrons. The van der Waals surface area contributed by atoms with Crippen molar-refractivity contribution >= 4 is 0 Å². The van der Waals surface area contributed by atoms with Crippen LogP contribution < -0.4 is 0 Å². The molecule has 0 N–H and O–H groups in total. The van der Waals surface area contributed by atoms with Crippen LogP contribution in [0.4, 0.5) is 0 Å². The van der Waals surface area contributed by atoms with Crippen molar-refractivity contribution in [2.75, 3.05) is 0 Å². The minimum absolute atomic E-state index is 1.28. The lowest BCUT2D eigenvalue weighted by Crippen LogP contribution is -2.00. The van der Waals surface area contributed by atoms with Crippen LogP contribution in [-0.2, 0) is 0 Å². The average Bonchev–Trinajstić information content (AvgIpc) is 2.70. The van der Waals surface area contributed by atoms with Crippen molar-refractivity contribution in [3.05, 3.63) is 107 Å². The summed E-state index contributed by atoms with van der Waals surface area (Å²) in [5, 5.41) is 0. The maximum absolute atomic E-state index is 2.30. The molecule has 0 atom stereocenters. The highest BCUT2D eigenvalue weighted by Crippen LogP contribution is 2.43. The first-order valence-electron chi connectivity index (χ1n) is 9.89. The van der Waals surface area contributed by atoms with Gasteiger partial charge in [0.2, 0.25) is 0 Å². The van der Waals surface area contributed by atoms with E-state index in [0.29, 0.717) is 0 Å². The van der Waals surface area contributed by atoms with E-state index in [-0.39, 0.29) is 0 Å². The first-order valence-corrected chi connectivity index (χ1v) is 9.89. The summed E-state index contributed by atoms with van der Waals surface area (Å²) in [4.78, 5) is 0. The van der Waals surface area contributed by atoms with Gasteiger partial charge < -0.3 is 0 Å². The standard InChI is InChI=1S/C28H26/c1-19-12-11-17-25(18-19)28-21(3)26(23-13-7-5-8-14-23)20(2)27(22(28)4)24-15-9-6-10-16-24/h5-18H,1-4H3. The summed E-state index contributed by atoms with van der Waals surface area (Å²) in [5.41, 5.74) is 13.3. The average molecular weight is 363 g/mol. The zero-order valence-electron chi connectivity index (χ0n) is 17.1. The zero-order chi connectivity index (χ0) is 19.7. The summed E-state index contributed by atoms with van der Waals surface area (Å²) in [5.74, 6) is 0. The predicted molar refractivity (Wildman–Crippen MR) is 122 cm³/mol. The van der Waals surface area contributed by atoms with Crippen LogP contribution in [0, 0.1) is 27.7 Å². The lowest BCUT2D eigenvalue weighted by molar-refractivity contribution is 1.31. The van der Waals surface area contributed by atoms with E-state index in [1.165, 1.54) is 55.6 Å². The van der Waals surface area contributed by atoms with Gasteiger partial charge in [-0.05, 0) is 77.8 Å². The van der Waals surface area contributed by atoms with Gasteiger partial charge in [0.25, 0.3) is 0 Å². The molecule has 0 aromatic heterocycles. The Bertz CT molecular complexity index is 1050. The zero-order valence-corrected chi connectivity index (χ0v) is 17.1. The van der Waals surface area contributed by atoms with E-state index in [9.17, 15) is 0 Å². The molecule has 0 fully saturated rings. The fourth-order valence-corrected chi connectivity index (χ4v) is 4.53. The number of benzene rings is 4. The summed E-state index contributed by atoms with van der Waals surface area (Å²) < 4.78 is 0. The van der Waals surface area contributed by atoms with Crippen molar-refractivity contribution in [1.29, 1.82) is 0 Å². The third-order valence-corrected chi connectivity index (χ3v) is 5.68. The lowest BCUT2D eigenvalue weighted by Gasteiger charge is -2.23. The SMILES string of the molecule is Cc1cccc(-c2c(C)c(-c3ccccc3)c(C)c(-c3ccccc3)c2C)c1. The van der Waals surface area contributed by atoms with E-state index in [1.54, 1.807) is 0 Å². The molecule has 28 heavy (non-hydrogen) atoms. The van der Waals surface area contributed by atoms with Crippen molar-refractivity contribution in [2.24, 2.45) is 0 Å². The Labute approximate surface area is 168 Å². The predicted octanol–water partition coefficient (Wildman–Crippen LogP) is 7.92. The molecule has 0 nitrogen and oxygen atoms in total. The molecule has 4 rings (SSSR count). The maximum Gasteiger partial charge on any atom is -0.0113 e. The monoisotopic (exact) mass is 362 g/mol. The second-order valence-corrected chi connectivity index (χ2v) is 7.60. The van der Waals surface area contributed by atoms with Gasteiger partial charge in [-0.15, -0.1) is 0 Å². The van der Waals surface area contributed by atoms with E-state index in [0.717, 1.165) is 0 Å². The van der Waals surface area contributed by atoms with E-state index in [4.69, 9.17) is 0 Å². The first-order chi connectivity index (χ1) is 13.6. The molecule has 4 aromatic rings. The Balaban J connectivity index is 2.12. The Morgan fingerprint density at radius 3 is 1.21 bits per heavy atom. The normalized spacial score (nSPS) is 10.9. The van der Waals surface area contributed by atoms with Crippen molar-refractivity contribution < 1.29 is 0 Å². The third-order valence-electron chi connectivity index (χ3n) is 5.68. The summed E-state index contributed by atoms with van der Waals surface area (Å²) >= 11 is 0. The quantitative estimate of drug-likeness (QED) is 0.347. The van der Waals surface area contributed by atoms with Gasteiger partial charge in [0.15, 0.2) is 0 Å². The molecule has 0 saturated carbocycles. The highest BCUT2D eigenvalue weighted by atomic mass is 14.2. The fraction of sp³-hybridized carbons (Fsp3) is 0.143. The second-order valence-electron chi connectivity index (χ2n) is 7.60. The smallest absolute Gasteiger partial charge is 0.0113 e. The van der Waals surface area contributed by atoms with Gasteiger partial charge in [0, 0.05) is 0 Å². The van der Waals surface area contributed by atoms with Crippen LogP contribution in [0.15, 0.2) is 84.9 Å². The van der Waals surface area contributed by atoms with Crippen molar-refractivity contribution in [3.63, 3.8) is 0 Å². The summed E-state index contributed by atoms with van der Waals surface area (Å²) in [6.07, 6.45) is 0. The van der Waals surface area contributed by atoms with Crippen LogP contribution >= 0.6 is 0 Å².